The van der Waals surface area contributed by atoms with E-state index in [0.29, 0.717) is 0 Å². The fraction of sp³-hybridized carbons (Fsp3) is 0.500. The molecule has 0 saturated heterocycles. The van der Waals surface area contributed by atoms with E-state index < -0.39 is 17.9 Å². The molecule has 0 aliphatic carbocycles. The second-order valence-electron chi connectivity index (χ2n) is 1.75. The van der Waals surface area contributed by atoms with Gasteiger partial charge < -0.3 is 0 Å². The average molecular weight is 149 g/mol. The second kappa shape index (κ2) is 2.20. The number of H-pyrrole nitrogens is 1. The highest BCUT2D eigenvalue weighted by molar-refractivity contribution is 4.85. The molecule has 4 nitrogen and oxygen atoms in total. The van der Waals surface area contributed by atoms with Crippen LogP contribution in [0.5, 0.6) is 0 Å². The molecular weight excluding hydrogens is 144 g/mol. The van der Waals surface area contributed by atoms with Gasteiger partial charge in [0.05, 0.1) is 0 Å². The van der Waals surface area contributed by atoms with Gasteiger partial charge in [-0.1, -0.05) is 0 Å². The third kappa shape index (κ3) is 0.916. The predicted molar refractivity (Wildman–Crippen MR) is 28.8 cm³/mol. The van der Waals surface area contributed by atoms with Crippen molar-refractivity contribution in [3.8, 4) is 0 Å². The van der Waals surface area contributed by atoms with Crippen LogP contribution in [0.4, 0.5) is 8.78 Å². The summed E-state index contributed by atoms with van der Waals surface area (Å²) in [6.45, 7) is 0. The van der Waals surface area contributed by atoms with E-state index in [-0.39, 0.29) is 0 Å². The first-order valence-electron chi connectivity index (χ1n) is 2.52. The number of nitrogens with zero attached hydrogens (tertiary/aromatic N) is 2. The maximum absolute atomic E-state index is 11.8. The highest BCUT2D eigenvalue weighted by Crippen LogP contribution is 2.11. The summed E-state index contributed by atoms with van der Waals surface area (Å²) >= 11 is 0. The minimum atomic E-state index is -2.70. The Hall–Kier alpha value is -1.20. The number of halogens is 2. The minimum Gasteiger partial charge on any atom is -0.277 e. The summed E-state index contributed by atoms with van der Waals surface area (Å²) in [6, 6.07) is 0. The molecule has 0 aliphatic heterocycles. The Morgan fingerprint density at radius 3 is 2.50 bits per heavy atom. The van der Waals surface area contributed by atoms with Crippen LogP contribution in [0.25, 0.3) is 0 Å². The normalized spacial score (nSPS) is 10.8. The van der Waals surface area contributed by atoms with Gasteiger partial charge in [0, 0.05) is 7.05 Å². The van der Waals surface area contributed by atoms with Crippen LogP contribution in [0.15, 0.2) is 4.79 Å². The van der Waals surface area contributed by atoms with Gasteiger partial charge in [0.2, 0.25) is 0 Å². The van der Waals surface area contributed by atoms with Crippen molar-refractivity contribution in [1.29, 1.82) is 0 Å². The maximum atomic E-state index is 11.8. The van der Waals surface area contributed by atoms with Crippen molar-refractivity contribution in [3.63, 3.8) is 0 Å². The summed E-state index contributed by atoms with van der Waals surface area (Å²) in [5, 5.41) is 4.99. The van der Waals surface area contributed by atoms with Crippen molar-refractivity contribution in [2.24, 2.45) is 7.05 Å². The molecule has 0 aliphatic rings. The molecule has 56 valence electrons. The van der Waals surface area contributed by atoms with Gasteiger partial charge in [0.1, 0.15) is 0 Å². The van der Waals surface area contributed by atoms with Gasteiger partial charge in [0.15, 0.2) is 5.82 Å². The zero-order valence-corrected chi connectivity index (χ0v) is 5.14. The number of nitrogens with one attached hydrogen (secondary N) is 1. The van der Waals surface area contributed by atoms with Crippen molar-refractivity contribution in [1.82, 2.24) is 14.8 Å². The van der Waals surface area contributed by atoms with Crippen molar-refractivity contribution >= 4 is 0 Å². The van der Waals surface area contributed by atoms with E-state index in [0.717, 1.165) is 4.57 Å². The second-order valence-corrected chi connectivity index (χ2v) is 1.75. The topological polar surface area (TPSA) is 50.7 Å². The van der Waals surface area contributed by atoms with E-state index in [1.54, 1.807) is 0 Å². The van der Waals surface area contributed by atoms with Crippen LogP contribution < -0.4 is 5.69 Å². The minimum absolute atomic E-state index is 0.537. The summed E-state index contributed by atoms with van der Waals surface area (Å²) in [5.41, 5.74) is -0.629. The monoisotopic (exact) mass is 149 g/mol. The standard InChI is InChI=1S/C4H5F2N3O/c1-9-3(2(5)6)7-8-4(9)10/h2H,1H3,(H,8,10). The van der Waals surface area contributed by atoms with Crippen molar-refractivity contribution in [2.75, 3.05) is 0 Å². The molecule has 6 heteroatoms. The first kappa shape index (κ1) is 6.91. The lowest BCUT2D eigenvalue weighted by atomic mass is 10.6. The van der Waals surface area contributed by atoms with Crippen LogP contribution in [0, 0.1) is 0 Å². The molecule has 1 aromatic rings. The molecule has 0 fully saturated rings. The molecule has 1 N–H and O–H groups in total. The van der Waals surface area contributed by atoms with Crippen LogP contribution in [-0.4, -0.2) is 14.8 Å². The van der Waals surface area contributed by atoms with Gasteiger partial charge in [0.25, 0.3) is 6.43 Å². The zero-order chi connectivity index (χ0) is 7.72. The Bertz CT molecular complexity index is 276. The molecule has 0 spiro atoms. The lowest BCUT2D eigenvalue weighted by Gasteiger charge is -1.93. The first-order chi connectivity index (χ1) is 4.63. The van der Waals surface area contributed by atoms with Crippen LogP contribution >= 0.6 is 0 Å². The third-order valence-corrected chi connectivity index (χ3v) is 1.11. The summed E-state index contributed by atoms with van der Waals surface area (Å²) in [7, 11) is 1.23. The molecule has 0 aromatic carbocycles. The maximum Gasteiger partial charge on any atom is 0.343 e. The fourth-order valence-corrected chi connectivity index (χ4v) is 0.554. The SMILES string of the molecule is Cn1c(C(F)F)n[nH]c1=O. The first-order valence-corrected chi connectivity index (χ1v) is 2.52. The van der Waals surface area contributed by atoms with E-state index in [4.69, 9.17) is 0 Å². The zero-order valence-electron chi connectivity index (χ0n) is 5.14. The van der Waals surface area contributed by atoms with Gasteiger partial charge in [-0.15, -0.1) is 0 Å². The molecule has 10 heavy (non-hydrogen) atoms. The van der Waals surface area contributed by atoms with Gasteiger partial charge in [-0.2, -0.15) is 5.10 Å². The fourth-order valence-electron chi connectivity index (χ4n) is 0.554. The summed E-state index contributed by atoms with van der Waals surface area (Å²) in [4.78, 5) is 10.5. The molecule has 0 amide bonds. The lowest BCUT2D eigenvalue weighted by molar-refractivity contribution is 0.136. The van der Waals surface area contributed by atoms with Crippen molar-refractivity contribution < 1.29 is 8.78 Å². The molecule has 0 saturated carbocycles. The summed E-state index contributed by atoms with van der Waals surface area (Å²) < 4.78 is 24.4. The third-order valence-electron chi connectivity index (χ3n) is 1.11. The Balaban J connectivity index is 3.18. The largest absolute Gasteiger partial charge is 0.343 e. The van der Waals surface area contributed by atoms with E-state index in [9.17, 15) is 13.6 Å². The Kier molecular flexibility index (Phi) is 1.52. The number of rotatable bonds is 1. The van der Waals surface area contributed by atoms with Crippen molar-refractivity contribution in [2.45, 2.75) is 6.43 Å². The number of aromatic amines is 1. The number of hydrogen-bond donors (Lipinski definition) is 1. The molecule has 1 aromatic heterocycles. The molecule has 1 rings (SSSR count). The van der Waals surface area contributed by atoms with Gasteiger partial charge >= 0.3 is 5.69 Å². The highest BCUT2D eigenvalue weighted by Gasteiger charge is 2.14. The Morgan fingerprint density at radius 1 is 1.70 bits per heavy atom. The molecule has 0 atom stereocenters. The summed E-state index contributed by atoms with van der Waals surface area (Å²) in [5.74, 6) is -0.537. The van der Waals surface area contributed by atoms with Crippen LogP contribution in [-0.2, 0) is 7.05 Å². The molecule has 0 unspecified atom stereocenters. The summed E-state index contributed by atoms with van der Waals surface area (Å²) in [6.07, 6.45) is -2.70. The number of aromatic nitrogens is 3. The van der Waals surface area contributed by atoms with E-state index in [2.05, 4.69) is 5.10 Å². The highest BCUT2D eigenvalue weighted by atomic mass is 19.3. The average Bonchev–Trinajstić information content (AvgIpc) is 2.14. The van der Waals surface area contributed by atoms with E-state index in [1.165, 1.54) is 7.05 Å². The van der Waals surface area contributed by atoms with Gasteiger partial charge in [-0.25, -0.2) is 18.7 Å². The van der Waals surface area contributed by atoms with Gasteiger partial charge in [-0.3, -0.25) is 4.57 Å². The van der Waals surface area contributed by atoms with E-state index in [1.807, 2.05) is 5.10 Å². The van der Waals surface area contributed by atoms with Crippen molar-refractivity contribution in [3.05, 3.63) is 16.3 Å². The van der Waals surface area contributed by atoms with Crippen LogP contribution in [0.2, 0.25) is 0 Å². The van der Waals surface area contributed by atoms with E-state index >= 15 is 0 Å². The molecule has 0 radical (unpaired) electrons. The predicted octanol–water partition coefficient (Wildman–Crippen LogP) is 0.0460. The number of alkyl halides is 2. The quantitative estimate of drug-likeness (QED) is 0.613. The Morgan fingerprint density at radius 2 is 2.30 bits per heavy atom. The molecular formula is C4H5F2N3O. The molecule has 1 heterocycles. The smallest absolute Gasteiger partial charge is 0.277 e. The number of hydrogen-bond acceptors (Lipinski definition) is 2. The lowest BCUT2D eigenvalue weighted by Crippen LogP contribution is -2.14. The molecule has 0 bridgehead atoms. The Labute approximate surface area is 54.5 Å². The van der Waals surface area contributed by atoms with Crippen LogP contribution in [0.3, 0.4) is 0 Å². The van der Waals surface area contributed by atoms with Crippen LogP contribution in [0.1, 0.15) is 12.2 Å². The van der Waals surface area contributed by atoms with Gasteiger partial charge in [-0.05, 0) is 0 Å².